The molecule has 2 aromatic carbocycles. The molecule has 0 heterocycles. The lowest BCUT2D eigenvalue weighted by Crippen LogP contribution is -2.29. The van der Waals surface area contributed by atoms with Crippen molar-refractivity contribution in [2.45, 2.75) is 39.0 Å². The number of hydrogen-bond acceptors (Lipinski definition) is 3. The monoisotopic (exact) mass is 392 g/mol. The van der Waals surface area contributed by atoms with Crippen molar-refractivity contribution in [3.8, 4) is 11.8 Å². The molecule has 0 unspecified atom stereocenters. The fourth-order valence-electron chi connectivity index (χ4n) is 2.94. The molecule has 2 rings (SSSR count). The highest BCUT2D eigenvalue weighted by molar-refractivity contribution is 5.97. The lowest BCUT2D eigenvalue weighted by molar-refractivity contribution is -0.135. The number of unbranched alkanes of at least 4 members (excludes halogenated alkanes) is 1. The van der Waals surface area contributed by atoms with Crippen LogP contribution >= 0.6 is 0 Å². The summed E-state index contributed by atoms with van der Waals surface area (Å²) >= 11 is 0. The first-order chi connectivity index (χ1) is 14.1. The van der Waals surface area contributed by atoms with Gasteiger partial charge in [0.2, 0.25) is 0 Å². The first-order valence-electron chi connectivity index (χ1n) is 9.96. The molecule has 0 aliphatic heterocycles. The van der Waals surface area contributed by atoms with Crippen LogP contribution in [-0.2, 0) is 17.6 Å². The number of aryl methyl sites for hydroxylation is 2. The topological polar surface area (TPSA) is 78.4 Å². The molecule has 0 fully saturated rings. The second-order valence-electron chi connectivity index (χ2n) is 6.67. The summed E-state index contributed by atoms with van der Waals surface area (Å²) in [5, 5.41) is 14.4. The number of hydrogen-bond donors (Lipinski definition) is 3. The molecule has 0 aromatic heterocycles. The van der Waals surface area contributed by atoms with Gasteiger partial charge in [0, 0.05) is 30.6 Å². The van der Waals surface area contributed by atoms with E-state index in [4.69, 9.17) is 5.11 Å². The van der Waals surface area contributed by atoms with E-state index in [-0.39, 0.29) is 12.5 Å². The Balaban J connectivity index is 1.73. The Bertz CT molecular complexity index is 867. The zero-order valence-corrected chi connectivity index (χ0v) is 16.8. The summed E-state index contributed by atoms with van der Waals surface area (Å²) in [7, 11) is 0. The molecule has 0 saturated carbocycles. The van der Waals surface area contributed by atoms with Crippen LogP contribution in [0.25, 0.3) is 0 Å². The van der Waals surface area contributed by atoms with Gasteiger partial charge in [0.15, 0.2) is 0 Å². The molecular weight excluding hydrogens is 364 g/mol. The molecule has 0 saturated heterocycles. The van der Waals surface area contributed by atoms with Gasteiger partial charge in [0.1, 0.15) is 6.54 Å². The standard InChI is InChI=1S/C24H28N2O3/c1-2-20-17-21(14-15-22(20)24(29)26-18-23(27)28)25-16-10-5-3-4-7-11-19-12-8-6-9-13-19/h6,8-9,12-15,17,25H,2,4,7,10-11,16,18H2,1H3,(H,26,29)(H,27,28). The zero-order valence-electron chi connectivity index (χ0n) is 16.8. The number of amides is 1. The van der Waals surface area contributed by atoms with E-state index in [0.717, 1.165) is 43.5 Å². The normalized spacial score (nSPS) is 9.97. The van der Waals surface area contributed by atoms with Crippen LogP contribution in [0.3, 0.4) is 0 Å². The third kappa shape index (κ3) is 8.10. The van der Waals surface area contributed by atoms with E-state index in [0.29, 0.717) is 12.0 Å². The highest BCUT2D eigenvalue weighted by Gasteiger charge is 2.11. The minimum Gasteiger partial charge on any atom is -0.480 e. The van der Waals surface area contributed by atoms with Gasteiger partial charge in [-0.15, -0.1) is 11.8 Å². The number of nitrogens with one attached hydrogen (secondary N) is 2. The molecule has 0 aliphatic rings. The molecule has 1 amide bonds. The van der Waals surface area contributed by atoms with E-state index < -0.39 is 5.97 Å². The van der Waals surface area contributed by atoms with Crippen LogP contribution in [0.1, 0.15) is 47.7 Å². The second-order valence-corrected chi connectivity index (χ2v) is 6.67. The van der Waals surface area contributed by atoms with Crippen LogP contribution in [0.4, 0.5) is 5.69 Å². The predicted molar refractivity (Wildman–Crippen MR) is 116 cm³/mol. The molecule has 29 heavy (non-hydrogen) atoms. The number of carboxylic acids is 1. The van der Waals surface area contributed by atoms with E-state index >= 15 is 0 Å². The Morgan fingerprint density at radius 2 is 1.79 bits per heavy atom. The minimum atomic E-state index is -1.06. The molecule has 0 radical (unpaired) electrons. The van der Waals surface area contributed by atoms with E-state index in [2.05, 4.69) is 46.7 Å². The van der Waals surface area contributed by atoms with Crippen LogP contribution in [0.2, 0.25) is 0 Å². The molecule has 152 valence electrons. The Morgan fingerprint density at radius 3 is 2.52 bits per heavy atom. The highest BCUT2D eigenvalue weighted by atomic mass is 16.4. The van der Waals surface area contributed by atoms with Crippen LogP contribution < -0.4 is 10.6 Å². The van der Waals surface area contributed by atoms with Crippen LogP contribution in [0.15, 0.2) is 48.5 Å². The Kier molecular flexibility index (Phi) is 9.31. The largest absolute Gasteiger partial charge is 0.480 e. The van der Waals surface area contributed by atoms with Crippen molar-refractivity contribution in [2.24, 2.45) is 0 Å². The number of rotatable bonds is 10. The van der Waals surface area contributed by atoms with Gasteiger partial charge in [0.25, 0.3) is 5.91 Å². The average Bonchev–Trinajstić information content (AvgIpc) is 2.74. The molecule has 0 spiro atoms. The summed E-state index contributed by atoms with van der Waals surface area (Å²) in [6.45, 7) is 2.32. The average molecular weight is 392 g/mol. The quantitative estimate of drug-likeness (QED) is 0.423. The summed E-state index contributed by atoms with van der Waals surface area (Å²) in [6, 6.07) is 15.9. The Hall–Kier alpha value is -3.26. The van der Waals surface area contributed by atoms with Crippen LogP contribution in [-0.4, -0.2) is 30.1 Å². The molecule has 3 N–H and O–H groups in total. The van der Waals surface area contributed by atoms with Gasteiger partial charge in [-0.05, 0) is 48.6 Å². The zero-order chi connectivity index (χ0) is 20.9. The van der Waals surface area contributed by atoms with Crippen molar-refractivity contribution in [3.63, 3.8) is 0 Å². The lowest BCUT2D eigenvalue weighted by atomic mass is 10.0. The molecule has 5 nitrogen and oxygen atoms in total. The molecule has 5 heteroatoms. The number of carboxylic acid groups (broad SMARTS) is 1. The van der Waals surface area contributed by atoms with Crippen molar-refractivity contribution >= 4 is 17.6 Å². The van der Waals surface area contributed by atoms with Gasteiger partial charge < -0.3 is 15.7 Å². The van der Waals surface area contributed by atoms with E-state index in [1.807, 2.05) is 25.1 Å². The SMILES string of the molecule is CCc1cc(NCCC#CCCCc2ccccc2)ccc1C(=O)NCC(=O)O. The third-order valence-electron chi connectivity index (χ3n) is 4.45. The van der Waals surface area contributed by atoms with Gasteiger partial charge in [-0.25, -0.2) is 0 Å². The molecule has 0 aliphatic carbocycles. The summed E-state index contributed by atoms with van der Waals surface area (Å²) in [4.78, 5) is 22.7. The summed E-state index contributed by atoms with van der Waals surface area (Å²) < 4.78 is 0. The molecule has 0 bridgehead atoms. The number of carbonyl (C=O) groups is 2. The molecule has 2 aromatic rings. The lowest BCUT2D eigenvalue weighted by Gasteiger charge is -2.11. The summed E-state index contributed by atoms with van der Waals surface area (Å²) in [5.74, 6) is 4.99. The first-order valence-corrected chi connectivity index (χ1v) is 9.96. The third-order valence-corrected chi connectivity index (χ3v) is 4.45. The molecular formula is C24H28N2O3. The van der Waals surface area contributed by atoms with Crippen LogP contribution in [0.5, 0.6) is 0 Å². The van der Waals surface area contributed by atoms with Gasteiger partial charge in [0.05, 0.1) is 0 Å². The number of carbonyl (C=O) groups excluding carboxylic acids is 1. The van der Waals surface area contributed by atoms with Gasteiger partial charge in [-0.1, -0.05) is 37.3 Å². The van der Waals surface area contributed by atoms with Crippen molar-refractivity contribution < 1.29 is 14.7 Å². The van der Waals surface area contributed by atoms with Crippen molar-refractivity contribution in [3.05, 3.63) is 65.2 Å². The van der Waals surface area contributed by atoms with Gasteiger partial charge in [-0.3, -0.25) is 9.59 Å². The number of anilines is 1. The fourth-order valence-corrected chi connectivity index (χ4v) is 2.94. The highest BCUT2D eigenvalue weighted by Crippen LogP contribution is 2.17. The first kappa shape index (κ1) is 22.0. The minimum absolute atomic E-state index is 0.364. The maximum absolute atomic E-state index is 12.1. The van der Waals surface area contributed by atoms with Crippen molar-refractivity contribution in [2.75, 3.05) is 18.4 Å². The van der Waals surface area contributed by atoms with E-state index in [1.54, 1.807) is 6.07 Å². The van der Waals surface area contributed by atoms with Crippen molar-refractivity contribution in [1.82, 2.24) is 5.32 Å². The molecule has 0 atom stereocenters. The Morgan fingerprint density at radius 1 is 1.03 bits per heavy atom. The van der Waals surface area contributed by atoms with Crippen molar-refractivity contribution in [1.29, 1.82) is 0 Å². The number of benzene rings is 2. The Labute approximate surface area is 172 Å². The summed E-state index contributed by atoms with van der Waals surface area (Å²) in [6.07, 6.45) is 4.46. The van der Waals surface area contributed by atoms with E-state index in [1.165, 1.54) is 5.56 Å². The predicted octanol–water partition coefficient (Wildman–Crippen LogP) is 3.89. The van der Waals surface area contributed by atoms with Gasteiger partial charge in [-0.2, -0.15) is 0 Å². The van der Waals surface area contributed by atoms with Gasteiger partial charge >= 0.3 is 5.97 Å². The smallest absolute Gasteiger partial charge is 0.322 e. The number of aliphatic carboxylic acids is 1. The van der Waals surface area contributed by atoms with E-state index in [9.17, 15) is 9.59 Å². The summed E-state index contributed by atoms with van der Waals surface area (Å²) in [5.41, 5.74) is 3.67. The van der Waals surface area contributed by atoms with Crippen LogP contribution in [0, 0.1) is 11.8 Å². The maximum Gasteiger partial charge on any atom is 0.322 e. The second kappa shape index (κ2) is 12.2. The fraction of sp³-hybridized carbons (Fsp3) is 0.333. The maximum atomic E-state index is 12.1.